The standard InChI is InChI=1S/C35H52O10S/c1-24(2)22-32-27(5)23-25(3)18-20-29(36)26(4)19-21-30(37)28(6)34(39)35(40)31(45-46(41,42)43)16-14-12-10-8-7-9-11-13-15-17-33(38)44-32/h7-11,13,15,17-18,20,23-24,26-28,30-32,35,37,40H,12,14,16,19,21-22H2,1-6H3,(H,41,42,43)/t26-,27-,28-,30-,31-,32+,35+/m1/s1. The van der Waals surface area contributed by atoms with Crippen molar-refractivity contribution >= 4 is 27.9 Å². The monoisotopic (exact) mass is 664 g/mol. The normalized spacial score (nSPS) is 29.3. The van der Waals surface area contributed by atoms with Crippen LogP contribution in [0.2, 0.25) is 0 Å². The fraction of sp³-hybridized carbons (Fsp3) is 0.571. The van der Waals surface area contributed by atoms with Crippen LogP contribution in [0.5, 0.6) is 0 Å². The highest BCUT2D eigenvalue weighted by molar-refractivity contribution is 7.80. The summed E-state index contributed by atoms with van der Waals surface area (Å²) in [7, 11) is -4.96. The Morgan fingerprint density at radius 1 is 0.913 bits per heavy atom. The fourth-order valence-corrected chi connectivity index (χ4v) is 5.36. The number of Topliss-reactive ketones (excluding diaryl/α,β-unsaturated/α-hetero) is 1. The van der Waals surface area contributed by atoms with Gasteiger partial charge in [-0.15, -0.1) is 0 Å². The van der Waals surface area contributed by atoms with Crippen LogP contribution >= 0.6 is 0 Å². The molecule has 0 aromatic heterocycles. The van der Waals surface area contributed by atoms with Gasteiger partial charge in [0.05, 0.1) is 6.10 Å². The van der Waals surface area contributed by atoms with Crippen LogP contribution in [0.15, 0.2) is 72.4 Å². The zero-order valence-electron chi connectivity index (χ0n) is 27.8. The quantitative estimate of drug-likeness (QED) is 0.255. The Morgan fingerprint density at radius 2 is 1.54 bits per heavy atom. The number of aliphatic hydroxyl groups excluding tert-OH is 2. The largest absolute Gasteiger partial charge is 0.459 e. The number of ether oxygens (including phenoxy) is 1. The molecule has 0 unspecified atom stereocenters. The molecule has 0 aromatic carbocycles. The summed E-state index contributed by atoms with van der Waals surface area (Å²) in [5, 5.41) is 21.3. The van der Waals surface area contributed by atoms with Gasteiger partial charge in [0.2, 0.25) is 0 Å². The maximum absolute atomic E-state index is 13.0. The van der Waals surface area contributed by atoms with Crippen molar-refractivity contribution in [3.63, 3.8) is 0 Å². The first-order chi connectivity index (χ1) is 21.5. The van der Waals surface area contributed by atoms with E-state index in [4.69, 9.17) is 4.74 Å². The maximum Gasteiger partial charge on any atom is 0.397 e. The van der Waals surface area contributed by atoms with Gasteiger partial charge in [0.15, 0.2) is 11.6 Å². The number of hydrogen-bond donors (Lipinski definition) is 3. The molecule has 0 aromatic rings. The number of carbonyl (C=O) groups excluding carboxylic acids is 3. The van der Waals surface area contributed by atoms with E-state index in [1.165, 1.54) is 19.1 Å². The number of cyclic esters (lactones) is 1. The van der Waals surface area contributed by atoms with Gasteiger partial charge in [-0.3, -0.25) is 14.1 Å². The molecular weight excluding hydrogens is 612 g/mol. The number of esters is 1. The molecule has 3 N–H and O–H groups in total. The summed E-state index contributed by atoms with van der Waals surface area (Å²) in [5.41, 5.74) is 0.820. The molecule has 0 amide bonds. The Balaban J connectivity index is 3.23. The van der Waals surface area contributed by atoms with E-state index >= 15 is 0 Å². The number of allylic oxidation sites excluding steroid dienone is 10. The molecule has 0 aliphatic carbocycles. The first kappa shape index (κ1) is 41.1. The Labute approximate surface area is 274 Å². The molecule has 1 heterocycles. The third-order valence-electron chi connectivity index (χ3n) is 7.67. The van der Waals surface area contributed by atoms with Crippen molar-refractivity contribution in [1.29, 1.82) is 0 Å². The summed E-state index contributed by atoms with van der Waals surface area (Å²) in [4.78, 5) is 38.3. The maximum atomic E-state index is 13.0. The van der Waals surface area contributed by atoms with E-state index in [1.54, 1.807) is 55.5 Å². The van der Waals surface area contributed by atoms with Crippen molar-refractivity contribution in [2.45, 2.75) is 104 Å². The van der Waals surface area contributed by atoms with Crippen LogP contribution in [0, 0.1) is 23.7 Å². The van der Waals surface area contributed by atoms with Crippen molar-refractivity contribution < 1.29 is 46.5 Å². The molecule has 11 heteroatoms. The van der Waals surface area contributed by atoms with Crippen molar-refractivity contribution in [3.8, 4) is 0 Å². The van der Waals surface area contributed by atoms with Crippen LogP contribution in [0.3, 0.4) is 0 Å². The average molecular weight is 665 g/mol. The van der Waals surface area contributed by atoms with E-state index in [9.17, 15) is 37.6 Å². The number of hydrogen-bond acceptors (Lipinski definition) is 9. The molecule has 1 aliphatic heterocycles. The van der Waals surface area contributed by atoms with E-state index in [0.29, 0.717) is 25.2 Å². The Kier molecular flexibility index (Phi) is 18.8. The van der Waals surface area contributed by atoms with Gasteiger partial charge in [0.1, 0.15) is 18.3 Å². The van der Waals surface area contributed by atoms with Gasteiger partial charge in [-0.1, -0.05) is 94.9 Å². The van der Waals surface area contributed by atoms with Crippen LogP contribution in [0.4, 0.5) is 0 Å². The van der Waals surface area contributed by atoms with E-state index in [0.717, 1.165) is 5.57 Å². The molecular formula is C35H52O10S. The van der Waals surface area contributed by atoms with Crippen LogP contribution in [0.1, 0.15) is 80.1 Å². The van der Waals surface area contributed by atoms with Crippen molar-refractivity contribution in [3.05, 3.63) is 72.4 Å². The summed E-state index contributed by atoms with van der Waals surface area (Å²) >= 11 is 0. The molecule has 258 valence electrons. The third-order valence-corrected chi connectivity index (χ3v) is 8.16. The van der Waals surface area contributed by atoms with Crippen molar-refractivity contribution in [2.24, 2.45) is 23.7 Å². The van der Waals surface area contributed by atoms with Crippen LogP contribution in [0.25, 0.3) is 0 Å². The van der Waals surface area contributed by atoms with Gasteiger partial charge in [-0.25, -0.2) is 8.98 Å². The van der Waals surface area contributed by atoms with Crippen LogP contribution in [-0.4, -0.2) is 65.1 Å². The van der Waals surface area contributed by atoms with Gasteiger partial charge in [-0.05, 0) is 57.4 Å². The van der Waals surface area contributed by atoms with Crippen molar-refractivity contribution in [2.75, 3.05) is 0 Å². The average Bonchev–Trinajstić information content (AvgIpc) is 2.97. The molecule has 0 spiro atoms. The summed E-state index contributed by atoms with van der Waals surface area (Å²) in [6, 6.07) is 0. The number of carbonyl (C=O) groups is 3. The van der Waals surface area contributed by atoms with Gasteiger partial charge in [-0.2, -0.15) is 8.42 Å². The van der Waals surface area contributed by atoms with Gasteiger partial charge in [0.25, 0.3) is 0 Å². The minimum atomic E-state index is -4.96. The molecule has 10 nitrogen and oxygen atoms in total. The molecule has 0 bridgehead atoms. The highest BCUT2D eigenvalue weighted by atomic mass is 32.3. The zero-order valence-corrected chi connectivity index (χ0v) is 28.6. The Bertz CT molecular complexity index is 1270. The van der Waals surface area contributed by atoms with Crippen molar-refractivity contribution in [1.82, 2.24) is 0 Å². The number of ketones is 2. The molecule has 0 saturated carbocycles. The molecule has 7 atom stereocenters. The van der Waals surface area contributed by atoms with E-state index < -0.39 is 52.3 Å². The number of rotatable bonds is 4. The molecule has 0 radical (unpaired) electrons. The Hall–Kier alpha value is -2.96. The van der Waals surface area contributed by atoms with E-state index in [1.807, 2.05) is 19.9 Å². The van der Waals surface area contributed by atoms with Crippen LogP contribution < -0.4 is 0 Å². The molecule has 1 rings (SSSR count). The minimum Gasteiger partial charge on any atom is -0.459 e. The lowest BCUT2D eigenvalue weighted by atomic mass is 9.88. The highest BCUT2D eigenvalue weighted by Crippen LogP contribution is 2.22. The topological polar surface area (TPSA) is 164 Å². The predicted molar refractivity (Wildman–Crippen MR) is 178 cm³/mol. The summed E-state index contributed by atoms with van der Waals surface area (Å²) < 4.78 is 42.4. The van der Waals surface area contributed by atoms with E-state index in [2.05, 4.69) is 18.0 Å². The molecule has 0 fully saturated rings. The summed E-state index contributed by atoms with van der Waals surface area (Å²) in [6.07, 6.45) is 15.2. The first-order valence-electron chi connectivity index (χ1n) is 15.8. The lowest BCUT2D eigenvalue weighted by Gasteiger charge is -2.25. The van der Waals surface area contributed by atoms with Gasteiger partial charge >= 0.3 is 16.4 Å². The third kappa shape index (κ3) is 17.1. The first-order valence-corrected chi connectivity index (χ1v) is 17.2. The number of aliphatic hydroxyl groups is 2. The van der Waals surface area contributed by atoms with Gasteiger partial charge < -0.3 is 14.9 Å². The zero-order chi connectivity index (χ0) is 34.9. The SMILES string of the molecule is CC1=C[C@@H](C)[C@H](CC(C)C)OC(=O)C=CC=CC=CC=CCCC[C@@H](OS(=O)(=O)O)[C@H](O)C(=O)[C@H](C)[C@H](O)CC[C@@H](C)C(=O)C=C1. The second-order valence-corrected chi connectivity index (χ2v) is 13.4. The second-order valence-electron chi connectivity index (χ2n) is 12.3. The van der Waals surface area contributed by atoms with E-state index in [-0.39, 0.29) is 37.1 Å². The predicted octanol–water partition coefficient (Wildman–Crippen LogP) is 5.59. The van der Waals surface area contributed by atoms with Crippen LogP contribution in [-0.2, 0) is 33.7 Å². The Morgan fingerprint density at radius 3 is 2.17 bits per heavy atom. The fourth-order valence-electron chi connectivity index (χ4n) is 4.85. The lowest BCUT2D eigenvalue weighted by Crippen LogP contribution is -2.43. The molecule has 1 aliphatic rings. The summed E-state index contributed by atoms with van der Waals surface area (Å²) in [5.74, 6) is -2.82. The lowest BCUT2D eigenvalue weighted by molar-refractivity contribution is -0.145. The second kappa shape index (κ2) is 21.0. The minimum absolute atomic E-state index is 0.0626. The summed E-state index contributed by atoms with van der Waals surface area (Å²) in [6.45, 7) is 11.0. The molecule has 46 heavy (non-hydrogen) atoms. The van der Waals surface area contributed by atoms with Gasteiger partial charge in [0, 0.05) is 23.8 Å². The highest BCUT2D eigenvalue weighted by Gasteiger charge is 2.35. The smallest absolute Gasteiger partial charge is 0.397 e. The molecule has 0 saturated heterocycles.